The molecule has 1 amide bonds. The second-order valence-electron chi connectivity index (χ2n) is 7.44. The third-order valence-corrected chi connectivity index (χ3v) is 4.22. The summed E-state index contributed by atoms with van der Waals surface area (Å²) in [6.07, 6.45) is 3.12. The molecule has 1 aliphatic heterocycles. The minimum Gasteiger partial charge on any atom is -0.444 e. The Morgan fingerprint density at radius 2 is 1.88 bits per heavy atom. The summed E-state index contributed by atoms with van der Waals surface area (Å²) in [7, 11) is 0. The van der Waals surface area contributed by atoms with Gasteiger partial charge in [0.25, 0.3) is 0 Å². The minimum atomic E-state index is -0.445. The summed E-state index contributed by atoms with van der Waals surface area (Å²) < 4.78 is 5.45. The molecule has 1 aromatic carbocycles. The average Bonchev–Trinajstić information content (AvgIpc) is 2.53. The van der Waals surface area contributed by atoms with Gasteiger partial charge in [-0.15, -0.1) is 0 Å². The number of benzene rings is 1. The number of unbranched alkanes of at least 4 members (excludes halogenated alkanes) is 1. The molecule has 5 heteroatoms. The topological polar surface area (TPSA) is 58.8 Å². The first-order chi connectivity index (χ1) is 11.3. The Labute approximate surface area is 145 Å². The van der Waals surface area contributed by atoms with Crippen molar-refractivity contribution >= 4 is 17.5 Å². The van der Waals surface area contributed by atoms with Crippen LogP contribution in [0, 0.1) is 0 Å². The molecule has 1 aliphatic rings. The molecule has 0 bridgehead atoms. The number of rotatable bonds is 4. The lowest BCUT2D eigenvalue weighted by atomic mass is 10.0. The zero-order valence-corrected chi connectivity index (χ0v) is 15.5. The summed E-state index contributed by atoms with van der Waals surface area (Å²) in [6, 6.07) is 6.28. The quantitative estimate of drug-likeness (QED) is 0.854. The van der Waals surface area contributed by atoms with Gasteiger partial charge in [0.15, 0.2) is 0 Å². The highest BCUT2D eigenvalue weighted by molar-refractivity contribution is 5.69. The fourth-order valence-electron chi connectivity index (χ4n) is 2.85. The number of hydrogen-bond donors (Lipinski definition) is 1. The number of nitrogens with zero attached hydrogens (tertiary/aromatic N) is 2. The third-order valence-electron chi connectivity index (χ3n) is 4.22. The summed E-state index contributed by atoms with van der Waals surface area (Å²) in [6.45, 7) is 10.9. The summed E-state index contributed by atoms with van der Waals surface area (Å²) in [4.78, 5) is 16.2. The van der Waals surface area contributed by atoms with E-state index in [4.69, 9.17) is 10.5 Å². The second-order valence-corrected chi connectivity index (χ2v) is 7.44. The van der Waals surface area contributed by atoms with Crippen LogP contribution in [0.4, 0.5) is 16.2 Å². The Kier molecular flexibility index (Phi) is 5.97. The number of aryl methyl sites for hydroxylation is 1. The number of amides is 1. The summed E-state index contributed by atoms with van der Waals surface area (Å²) in [5, 5.41) is 0. The van der Waals surface area contributed by atoms with Crippen molar-refractivity contribution in [1.29, 1.82) is 0 Å². The summed E-state index contributed by atoms with van der Waals surface area (Å²) in [5.41, 5.74) is 8.94. The molecule has 1 fully saturated rings. The summed E-state index contributed by atoms with van der Waals surface area (Å²) >= 11 is 0. The Morgan fingerprint density at radius 1 is 1.21 bits per heavy atom. The van der Waals surface area contributed by atoms with E-state index in [9.17, 15) is 4.79 Å². The lowest BCUT2D eigenvalue weighted by Crippen LogP contribution is -2.50. The fourth-order valence-corrected chi connectivity index (χ4v) is 2.85. The highest BCUT2D eigenvalue weighted by Gasteiger charge is 2.26. The van der Waals surface area contributed by atoms with Gasteiger partial charge in [-0.05, 0) is 57.4 Å². The van der Waals surface area contributed by atoms with Gasteiger partial charge in [-0.2, -0.15) is 0 Å². The molecule has 0 aliphatic carbocycles. The van der Waals surface area contributed by atoms with Gasteiger partial charge in [0.2, 0.25) is 0 Å². The summed E-state index contributed by atoms with van der Waals surface area (Å²) in [5.74, 6) is 0. The normalized spacial score (nSPS) is 15.5. The maximum absolute atomic E-state index is 12.1. The van der Waals surface area contributed by atoms with Crippen LogP contribution in [-0.2, 0) is 11.2 Å². The van der Waals surface area contributed by atoms with Crippen LogP contribution >= 0.6 is 0 Å². The highest BCUT2D eigenvalue weighted by Crippen LogP contribution is 2.24. The van der Waals surface area contributed by atoms with Crippen LogP contribution in [0.2, 0.25) is 0 Å². The molecule has 2 N–H and O–H groups in total. The maximum atomic E-state index is 12.1. The van der Waals surface area contributed by atoms with Gasteiger partial charge in [0.05, 0.1) is 0 Å². The fraction of sp³-hybridized carbons (Fsp3) is 0.632. The van der Waals surface area contributed by atoms with Crippen molar-refractivity contribution in [1.82, 2.24) is 4.90 Å². The Bertz CT molecular complexity index is 558. The standard InChI is InChI=1S/C19H31N3O2/c1-5-6-7-15-14-16(8-9-17(15)20)21-10-12-22(13-11-21)18(23)24-19(2,3)4/h8-9,14H,5-7,10-13,20H2,1-4H3. The molecule has 0 spiro atoms. The lowest BCUT2D eigenvalue weighted by Gasteiger charge is -2.37. The first-order valence-electron chi connectivity index (χ1n) is 8.91. The van der Waals surface area contributed by atoms with Gasteiger partial charge in [-0.25, -0.2) is 4.79 Å². The zero-order valence-electron chi connectivity index (χ0n) is 15.5. The number of anilines is 2. The van der Waals surface area contributed by atoms with Gasteiger partial charge in [-0.3, -0.25) is 0 Å². The SMILES string of the molecule is CCCCc1cc(N2CCN(C(=O)OC(C)(C)C)CC2)ccc1N. The number of nitrogen functional groups attached to an aromatic ring is 1. The van der Waals surface area contributed by atoms with Crippen LogP contribution < -0.4 is 10.6 Å². The average molecular weight is 333 g/mol. The number of ether oxygens (including phenoxy) is 1. The first kappa shape index (κ1) is 18.4. The van der Waals surface area contributed by atoms with E-state index in [1.807, 2.05) is 26.8 Å². The van der Waals surface area contributed by atoms with Gasteiger partial charge >= 0.3 is 6.09 Å². The van der Waals surface area contributed by atoms with E-state index < -0.39 is 5.60 Å². The molecule has 1 saturated heterocycles. The number of hydrogen-bond acceptors (Lipinski definition) is 4. The molecule has 1 aromatic rings. The Balaban J connectivity index is 1.96. The van der Waals surface area contributed by atoms with Crippen LogP contribution in [-0.4, -0.2) is 42.8 Å². The van der Waals surface area contributed by atoms with E-state index in [0.29, 0.717) is 13.1 Å². The Hall–Kier alpha value is -1.91. The van der Waals surface area contributed by atoms with E-state index in [2.05, 4.69) is 24.0 Å². The van der Waals surface area contributed by atoms with Crippen LogP contribution in [0.3, 0.4) is 0 Å². The molecule has 1 heterocycles. The lowest BCUT2D eigenvalue weighted by molar-refractivity contribution is 0.0240. The van der Waals surface area contributed by atoms with Crippen LogP contribution in [0.25, 0.3) is 0 Å². The van der Waals surface area contributed by atoms with Gasteiger partial charge in [0, 0.05) is 37.6 Å². The molecule has 134 valence electrons. The van der Waals surface area contributed by atoms with E-state index in [1.165, 1.54) is 11.3 Å². The first-order valence-corrected chi connectivity index (χ1v) is 8.91. The second kappa shape index (κ2) is 7.77. The predicted octanol–water partition coefficient (Wildman–Crippen LogP) is 3.67. The molecular formula is C19H31N3O2. The number of carbonyl (C=O) groups excluding carboxylic acids is 1. The minimum absolute atomic E-state index is 0.219. The van der Waals surface area contributed by atoms with Crippen LogP contribution in [0.1, 0.15) is 46.1 Å². The van der Waals surface area contributed by atoms with E-state index in [-0.39, 0.29) is 6.09 Å². The van der Waals surface area contributed by atoms with E-state index in [0.717, 1.165) is 38.0 Å². The number of carbonyl (C=O) groups is 1. The highest BCUT2D eigenvalue weighted by atomic mass is 16.6. The van der Waals surface area contributed by atoms with Crippen molar-refractivity contribution in [3.8, 4) is 0 Å². The van der Waals surface area contributed by atoms with Crippen molar-refractivity contribution in [2.24, 2.45) is 0 Å². The molecular weight excluding hydrogens is 302 g/mol. The molecule has 0 saturated carbocycles. The maximum Gasteiger partial charge on any atom is 0.410 e. The molecule has 5 nitrogen and oxygen atoms in total. The smallest absolute Gasteiger partial charge is 0.410 e. The van der Waals surface area contributed by atoms with Crippen molar-refractivity contribution in [2.75, 3.05) is 36.8 Å². The number of piperazine rings is 1. The molecule has 24 heavy (non-hydrogen) atoms. The van der Waals surface area contributed by atoms with E-state index >= 15 is 0 Å². The van der Waals surface area contributed by atoms with Gasteiger partial charge in [-0.1, -0.05) is 13.3 Å². The predicted molar refractivity (Wildman–Crippen MR) is 99.5 cm³/mol. The molecule has 0 aromatic heterocycles. The molecule has 0 unspecified atom stereocenters. The van der Waals surface area contributed by atoms with Crippen LogP contribution in [0.15, 0.2) is 18.2 Å². The van der Waals surface area contributed by atoms with E-state index in [1.54, 1.807) is 4.90 Å². The van der Waals surface area contributed by atoms with Crippen molar-refractivity contribution in [3.63, 3.8) is 0 Å². The van der Waals surface area contributed by atoms with Crippen molar-refractivity contribution in [3.05, 3.63) is 23.8 Å². The van der Waals surface area contributed by atoms with Gasteiger partial charge < -0.3 is 20.3 Å². The molecule has 0 radical (unpaired) electrons. The monoisotopic (exact) mass is 333 g/mol. The zero-order chi connectivity index (χ0) is 17.7. The van der Waals surface area contributed by atoms with Gasteiger partial charge in [0.1, 0.15) is 5.60 Å². The Morgan fingerprint density at radius 3 is 2.46 bits per heavy atom. The van der Waals surface area contributed by atoms with Crippen LogP contribution in [0.5, 0.6) is 0 Å². The number of nitrogens with two attached hydrogens (primary N) is 1. The largest absolute Gasteiger partial charge is 0.444 e. The third kappa shape index (κ3) is 5.05. The van der Waals surface area contributed by atoms with Crippen molar-refractivity contribution < 1.29 is 9.53 Å². The van der Waals surface area contributed by atoms with Crippen molar-refractivity contribution in [2.45, 2.75) is 52.6 Å². The molecule has 2 rings (SSSR count). The molecule has 0 atom stereocenters.